The Morgan fingerprint density at radius 3 is 2.70 bits per heavy atom. The number of nitrogens with zero attached hydrogens (tertiary/aromatic N) is 1. The monoisotopic (exact) mass is 389 g/mol. The number of non-ortho nitro benzene ring substituents is 1. The van der Waals surface area contributed by atoms with E-state index in [0.29, 0.717) is 21.6 Å². The summed E-state index contributed by atoms with van der Waals surface area (Å²) in [6, 6.07) is 4.22. The molecule has 1 aliphatic carbocycles. The molecular weight excluding hydrogens is 373 g/mol. The van der Waals surface area contributed by atoms with Gasteiger partial charge < -0.3 is 11.1 Å². The van der Waals surface area contributed by atoms with Gasteiger partial charge in [0.25, 0.3) is 11.6 Å². The summed E-state index contributed by atoms with van der Waals surface area (Å²) in [4.78, 5) is 22.5. The minimum absolute atomic E-state index is 0.0188. The predicted molar refractivity (Wildman–Crippen MR) is 83.5 cm³/mol. The van der Waals surface area contributed by atoms with E-state index in [1.54, 1.807) is 0 Å². The Morgan fingerprint density at radius 2 is 2.25 bits per heavy atom. The van der Waals surface area contributed by atoms with Crippen molar-refractivity contribution in [3.8, 4) is 0 Å². The summed E-state index contributed by atoms with van der Waals surface area (Å²) in [6.45, 7) is 2.33. The number of nitro benzene ring substituents is 1. The van der Waals surface area contributed by atoms with E-state index >= 15 is 0 Å². The van der Waals surface area contributed by atoms with Crippen LogP contribution < -0.4 is 11.1 Å². The Morgan fingerprint density at radius 1 is 1.60 bits per heavy atom. The zero-order valence-electron chi connectivity index (χ0n) is 11.1. The molecule has 1 amide bonds. The Kier molecular flexibility index (Phi) is 4.28. The summed E-state index contributed by atoms with van der Waals surface area (Å²) in [5.74, 6) is 0.191. The predicted octanol–water partition coefficient (Wildman–Crippen LogP) is 2.06. The molecule has 1 unspecified atom stereocenters. The van der Waals surface area contributed by atoms with Crippen LogP contribution in [0, 0.1) is 19.6 Å². The first kappa shape index (κ1) is 15.2. The molecule has 0 spiro atoms. The number of benzene rings is 1. The van der Waals surface area contributed by atoms with E-state index in [1.807, 2.05) is 29.5 Å². The van der Waals surface area contributed by atoms with Gasteiger partial charge in [0.15, 0.2) is 0 Å². The van der Waals surface area contributed by atoms with E-state index in [-0.39, 0.29) is 11.6 Å². The van der Waals surface area contributed by atoms with Gasteiger partial charge in [0.1, 0.15) is 0 Å². The van der Waals surface area contributed by atoms with Crippen molar-refractivity contribution in [1.82, 2.24) is 5.32 Å². The minimum atomic E-state index is -0.474. The number of nitro groups is 1. The van der Waals surface area contributed by atoms with Crippen molar-refractivity contribution in [2.75, 3.05) is 6.54 Å². The third-order valence-corrected chi connectivity index (χ3v) is 4.60. The SMILES string of the molecule is CC(CN)(NC(=O)c1ccc([N+](=O)[O-])cc1I)C1CC1. The summed E-state index contributed by atoms with van der Waals surface area (Å²) in [6.07, 6.45) is 2.15. The summed E-state index contributed by atoms with van der Waals surface area (Å²) in [7, 11) is 0. The number of rotatable bonds is 5. The van der Waals surface area contributed by atoms with E-state index in [2.05, 4.69) is 5.32 Å². The highest BCUT2D eigenvalue weighted by molar-refractivity contribution is 14.1. The quantitative estimate of drug-likeness (QED) is 0.458. The largest absolute Gasteiger partial charge is 0.345 e. The van der Waals surface area contributed by atoms with Gasteiger partial charge in [-0.25, -0.2) is 0 Å². The second kappa shape index (κ2) is 5.65. The van der Waals surface area contributed by atoms with Crippen molar-refractivity contribution < 1.29 is 9.72 Å². The third-order valence-electron chi connectivity index (χ3n) is 3.71. The van der Waals surface area contributed by atoms with Gasteiger partial charge in [-0.15, -0.1) is 0 Å². The van der Waals surface area contributed by atoms with Crippen LogP contribution in [-0.4, -0.2) is 22.9 Å². The smallest absolute Gasteiger partial charge is 0.270 e. The lowest BCUT2D eigenvalue weighted by Crippen LogP contribution is -2.53. The summed E-state index contributed by atoms with van der Waals surface area (Å²) in [5.41, 5.74) is 5.79. The van der Waals surface area contributed by atoms with Gasteiger partial charge >= 0.3 is 0 Å². The summed E-state index contributed by atoms with van der Waals surface area (Å²) >= 11 is 1.93. The lowest BCUT2D eigenvalue weighted by molar-refractivity contribution is -0.384. The normalized spacial score (nSPS) is 17.4. The molecule has 2 rings (SSSR count). The molecule has 7 heteroatoms. The maximum absolute atomic E-state index is 12.3. The fourth-order valence-electron chi connectivity index (χ4n) is 2.17. The fraction of sp³-hybridized carbons (Fsp3) is 0.462. The van der Waals surface area contributed by atoms with Crippen LogP contribution in [0.2, 0.25) is 0 Å². The first-order valence-corrected chi connectivity index (χ1v) is 7.42. The Balaban J connectivity index is 2.19. The first-order chi connectivity index (χ1) is 9.37. The Bertz CT molecular complexity index is 560. The molecule has 1 fully saturated rings. The van der Waals surface area contributed by atoms with Crippen LogP contribution in [0.5, 0.6) is 0 Å². The van der Waals surface area contributed by atoms with E-state index in [0.717, 1.165) is 12.8 Å². The molecule has 0 radical (unpaired) electrons. The fourth-order valence-corrected chi connectivity index (χ4v) is 2.91. The van der Waals surface area contributed by atoms with Gasteiger partial charge in [-0.05, 0) is 54.3 Å². The van der Waals surface area contributed by atoms with Crippen LogP contribution >= 0.6 is 22.6 Å². The van der Waals surface area contributed by atoms with Crippen molar-refractivity contribution >= 4 is 34.2 Å². The van der Waals surface area contributed by atoms with Crippen molar-refractivity contribution in [1.29, 1.82) is 0 Å². The molecule has 0 bridgehead atoms. The molecule has 0 aromatic heterocycles. The average molecular weight is 389 g/mol. The van der Waals surface area contributed by atoms with E-state index in [1.165, 1.54) is 18.2 Å². The molecule has 1 atom stereocenters. The van der Waals surface area contributed by atoms with Crippen LogP contribution in [0.15, 0.2) is 18.2 Å². The van der Waals surface area contributed by atoms with Crippen molar-refractivity contribution in [2.24, 2.45) is 11.7 Å². The lowest BCUT2D eigenvalue weighted by Gasteiger charge is -2.29. The number of carbonyl (C=O) groups excluding carboxylic acids is 1. The van der Waals surface area contributed by atoms with Crippen molar-refractivity contribution in [3.05, 3.63) is 37.4 Å². The molecule has 3 N–H and O–H groups in total. The van der Waals surface area contributed by atoms with Gasteiger partial charge in [-0.1, -0.05) is 0 Å². The van der Waals surface area contributed by atoms with Crippen LogP contribution in [0.4, 0.5) is 5.69 Å². The zero-order chi connectivity index (χ0) is 14.9. The van der Waals surface area contributed by atoms with Crippen LogP contribution in [-0.2, 0) is 0 Å². The lowest BCUT2D eigenvalue weighted by atomic mass is 9.95. The standard InChI is InChI=1S/C13H16IN3O3/c1-13(7-15,8-2-3-8)16-12(18)10-5-4-9(17(19)20)6-11(10)14/h4-6,8H,2-3,7,15H2,1H3,(H,16,18). The van der Waals surface area contributed by atoms with Gasteiger partial charge in [0.2, 0.25) is 0 Å². The maximum Gasteiger partial charge on any atom is 0.270 e. The topological polar surface area (TPSA) is 98.3 Å². The molecule has 1 aliphatic rings. The number of halogens is 1. The van der Waals surface area contributed by atoms with Crippen LogP contribution in [0.3, 0.4) is 0 Å². The van der Waals surface area contributed by atoms with E-state index in [9.17, 15) is 14.9 Å². The second-order valence-corrected chi connectivity index (χ2v) is 6.43. The molecule has 1 aromatic rings. The van der Waals surface area contributed by atoms with Crippen molar-refractivity contribution in [3.63, 3.8) is 0 Å². The molecule has 0 saturated heterocycles. The number of hydrogen-bond acceptors (Lipinski definition) is 4. The maximum atomic E-state index is 12.3. The molecule has 6 nitrogen and oxygen atoms in total. The number of amides is 1. The molecular formula is C13H16IN3O3. The van der Waals surface area contributed by atoms with Gasteiger partial charge in [0.05, 0.1) is 16.0 Å². The molecule has 0 heterocycles. The molecule has 0 aliphatic heterocycles. The first-order valence-electron chi connectivity index (χ1n) is 6.34. The van der Waals surface area contributed by atoms with Crippen LogP contribution in [0.25, 0.3) is 0 Å². The molecule has 1 saturated carbocycles. The number of nitrogens with one attached hydrogen (secondary N) is 1. The summed E-state index contributed by atoms with van der Waals surface area (Å²) < 4.78 is 0.560. The molecule has 108 valence electrons. The van der Waals surface area contributed by atoms with Gasteiger partial charge in [0, 0.05) is 22.2 Å². The zero-order valence-corrected chi connectivity index (χ0v) is 13.2. The van der Waals surface area contributed by atoms with Crippen molar-refractivity contribution in [2.45, 2.75) is 25.3 Å². The Hall–Kier alpha value is -1.22. The second-order valence-electron chi connectivity index (χ2n) is 5.27. The highest BCUT2D eigenvalue weighted by Gasteiger charge is 2.41. The highest BCUT2D eigenvalue weighted by Crippen LogP contribution is 2.39. The third kappa shape index (κ3) is 3.09. The number of nitrogens with two attached hydrogens (primary N) is 1. The van der Waals surface area contributed by atoms with E-state index < -0.39 is 10.5 Å². The van der Waals surface area contributed by atoms with Gasteiger partial charge in [-0.2, -0.15) is 0 Å². The highest BCUT2D eigenvalue weighted by atomic mass is 127. The van der Waals surface area contributed by atoms with E-state index in [4.69, 9.17) is 5.73 Å². The molecule has 1 aromatic carbocycles. The molecule has 20 heavy (non-hydrogen) atoms. The Labute approximate surface area is 130 Å². The number of carbonyl (C=O) groups is 1. The average Bonchev–Trinajstić information content (AvgIpc) is 3.22. The van der Waals surface area contributed by atoms with Gasteiger partial charge in [-0.3, -0.25) is 14.9 Å². The number of hydrogen-bond donors (Lipinski definition) is 2. The summed E-state index contributed by atoms with van der Waals surface area (Å²) in [5, 5.41) is 13.7. The van der Waals surface area contributed by atoms with Crippen LogP contribution in [0.1, 0.15) is 30.1 Å². The minimum Gasteiger partial charge on any atom is -0.345 e.